The quantitative estimate of drug-likeness (QED) is 0.270. The molecule has 0 spiro atoms. The maximum atomic E-state index is 12.8. The lowest BCUT2D eigenvalue weighted by molar-refractivity contribution is -0.384. The molecule has 2 aromatic carbocycles. The molecule has 3 rings (SSSR count). The Balaban J connectivity index is 2.15. The molecule has 1 aromatic heterocycles. The Labute approximate surface area is 185 Å². The Hall–Kier alpha value is -4.52. The van der Waals surface area contributed by atoms with Crippen molar-refractivity contribution in [3.63, 3.8) is 0 Å². The number of carbonyl (C=O) groups excluding carboxylic acids is 1. The van der Waals surface area contributed by atoms with Crippen molar-refractivity contribution in [2.24, 2.45) is 5.10 Å². The maximum Gasteiger partial charge on any atom is 0.427 e. The second-order valence-electron chi connectivity index (χ2n) is 6.49. The van der Waals surface area contributed by atoms with Crippen LogP contribution >= 0.6 is 0 Å². The molecule has 1 atom stereocenters. The van der Waals surface area contributed by atoms with Crippen molar-refractivity contribution < 1.29 is 29.0 Å². The van der Waals surface area contributed by atoms with Crippen molar-refractivity contribution in [2.45, 2.75) is 6.10 Å². The van der Waals surface area contributed by atoms with Crippen LogP contribution in [0.25, 0.3) is 11.0 Å². The predicted octanol–water partition coefficient (Wildman–Crippen LogP) is 1.64. The zero-order valence-electron chi connectivity index (χ0n) is 17.7. The number of methoxy groups -OCH3 is 3. The normalized spacial score (nSPS) is 12.2. The highest BCUT2D eigenvalue weighted by Crippen LogP contribution is 2.31. The second-order valence-corrected chi connectivity index (χ2v) is 6.49. The van der Waals surface area contributed by atoms with Gasteiger partial charge in [-0.15, -0.1) is 0 Å². The number of nitro benzene ring substituents is 1. The number of non-ortho nitro benzene ring substituents is 1. The summed E-state index contributed by atoms with van der Waals surface area (Å²) < 4.78 is 14.9. The van der Waals surface area contributed by atoms with Crippen LogP contribution in [-0.4, -0.2) is 53.1 Å². The lowest BCUT2D eigenvalue weighted by Gasteiger charge is -2.16. The summed E-state index contributed by atoms with van der Waals surface area (Å²) in [4.78, 5) is 41.4. The minimum atomic E-state index is -1.54. The zero-order valence-corrected chi connectivity index (χ0v) is 17.7. The first-order valence-electron chi connectivity index (χ1n) is 9.29. The first-order valence-corrected chi connectivity index (χ1v) is 9.29. The summed E-state index contributed by atoms with van der Waals surface area (Å²) >= 11 is 0. The number of hydrazone groups is 1. The van der Waals surface area contributed by atoms with Gasteiger partial charge in [0.25, 0.3) is 11.2 Å². The van der Waals surface area contributed by atoms with Gasteiger partial charge in [-0.3, -0.25) is 14.9 Å². The van der Waals surface area contributed by atoms with E-state index in [1.54, 1.807) is 6.07 Å². The van der Waals surface area contributed by atoms with Crippen LogP contribution in [0.15, 0.2) is 46.3 Å². The van der Waals surface area contributed by atoms with E-state index >= 15 is 0 Å². The number of amides is 1. The van der Waals surface area contributed by atoms with E-state index in [0.717, 1.165) is 13.2 Å². The van der Waals surface area contributed by atoms with Gasteiger partial charge in [0.2, 0.25) is 0 Å². The second kappa shape index (κ2) is 9.74. The molecular weight excluding hydrogens is 438 g/mol. The topological polar surface area (TPSA) is 178 Å². The number of benzene rings is 2. The van der Waals surface area contributed by atoms with Gasteiger partial charge in [-0.1, -0.05) is 6.07 Å². The van der Waals surface area contributed by atoms with Crippen LogP contribution in [0.2, 0.25) is 0 Å². The van der Waals surface area contributed by atoms with E-state index in [0.29, 0.717) is 11.5 Å². The highest BCUT2D eigenvalue weighted by Gasteiger charge is 2.24. The third-order valence-electron chi connectivity index (χ3n) is 4.56. The van der Waals surface area contributed by atoms with Crippen LogP contribution in [0.5, 0.6) is 11.5 Å². The standard InChI is InChI=1S/C20H19N5O8/c1-31-14-7-4-10(8-15(14)32-2)18(26)16(23-24-20(28)33-3)17-19(27)22-13-9-11(25(29)30)5-6-12(13)21-17/h4-9,18,26H,1-3H3,(H,22,27)(H,24,28)/b23-16+/t18-/m1/s1. The average molecular weight is 457 g/mol. The zero-order chi connectivity index (χ0) is 24.1. The number of aromatic nitrogens is 2. The molecule has 0 bridgehead atoms. The predicted molar refractivity (Wildman–Crippen MR) is 116 cm³/mol. The third kappa shape index (κ3) is 4.88. The van der Waals surface area contributed by atoms with E-state index in [-0.39, 0.29) is 33.7 Å². The number of fused-ring (bicyclic) bond motifs is 1. The number of aromatic amines is 1. The number of aliphatic hydroxyl groups excluding tert-OH is 1. The maximum absolute atomic E-state index is 12.8. The molecule has 0 saturated heterocycles. The summed E-state index contributed by atoms with van der Waals surface area (Å²) in [7, 11) is 3.98. The Kier molecular flexibility index (Phi) is 6.83. The Bertz CT molecular complexity index is 1300. The van der Waals surface area contributed by atoms with Crippen molar-refractivity contribution in [1.82, 2.24) is 15.4 Å². The molecule has 3 N–H and O–H groups in total. The van der Waals surface area contributed by atoms with Crippen molar-refractivity contribution in [3.05, 3.63) is 68.1 Å². The Morgan fingerprint density at radius 3 is 2.55 bits per heavy atom. The molecule has 1 heterocycles. The molecule has 1 amide bonds. The van der Waals surface area contributed by atoms with Gasteiger partial charge in [0.05, 0.1) is 37.3 Å². The molecule has 0 radical (unpaired) electrons. The number of carbonyl (C=O) groups is 1. The molecule has 13 heteroatoms. The largest absolute Gasteiger partial charge is 0.493 e. The number of nitro groups is 1. The van der Waals surface area contributed by atoms with E-state index in [1.165, 1.54) is 38.5 Å². The van der Waals surface area contributed by atoms with Gasteiger partial charge >= 0.3 is 6.09 Å². The van der Waals surface area contributed by atoms with Gasteiger partial charge in [-0.2, -0.15) is 5.10 Å². The Morgan fingerprint density at radius 1 is 1.18 bits per heavy atom. The molecule has 33 heavy (non-hydrogen) atoms. The van der Waals surface area contributed by atoms with Crippen molar-refractivity contribution in [1.29, 1.82) is 0 Å². The number of hydrogen-bond donors (Lipinski definition) is 3. The van der Waals surface area contributed by atoms with Crippen LogP contribution in [0.4, 0.5) is 10.5 Å². The van der Waals surface area contributed by atoms with Crippen molar-refractivity contribution in [2.75, 3.05) is 21.3 Å². The smallest absolute Gasteiger partial charge is 0.427 e. The number of ether oxygens (including phenoxy) is 3. The van der Waals surface area contributed by atoms with Crippen LogP contribution in [0.3, 0.4) is 0 Å². The molecular formula is C20H19N5O8. The minimum absolute atomic E-state index is 0.110. The first kappa shape index (κ1) is 23.1. The number of rotatable bonds is 7. The fraction of sp³-hybridized carbons (Fsp3) is 0.200. The molecule has 0 saturated carbocycles. The minimum Gasteiger partial charge on any atom is -0.493 e. The summed E-state index contributed by atoms with van der Waals surface area (Å²) in [5.41, 5.74) is 0.949. The summed E-state index contributed by atoms with van der Waals surface area (Å²) in [6.45, 7) is 0. The molecule has 3 aromatic rings. The van der Waals surface area contributed by atoms with E-state index < -0.39 is 22.7 Å². The lowest BCUT2D eigenvalue weighted by atomic mass is 10.0. The van der Waals surface area contributed by atoms with Crippen LogP contribution in [0, 0.1) is 10.1 Å². The number of H-pyrrole nitrogens is 1. The summed E-state index contributed by atoms with van der Waals surface area (Å²) in [5, 5.41) is 25.8. The van der Waals surface area contributed by atoms with E-state index in [4.69, 9.17) is 9.47 Å². The first-order chi connectivity index (χ1) is 15.8. The third-order valence-corrected chi connectivity index (χ3v) is 4.56. The summed E-state index contributed by atoms with van der Waals surface area (Å²) in [6, 6.07) is 8.22. The van der Waals surface area contributed by atoms with Crippen LogP contribution in [-0.2, 0) is 4.74 Å². The van der Waals surface area contributed by atoms with Gasteiger partial charge < -0.3 is 24.3 Å². The monoisotopic (exact) mass is 457 g/mol. The van der Waals surface area contributed by atoms with Gasteiger partial charge in [-0.05, 0) is 23.8 Å². The SMILES string of the molecule is COC(=O)N/N=C(\c1nc2ccc([N+](=O)[O-])cc2[nH]c1=O)[C@H](O)c1ccc(OC)c(OC)c1. The van der Waals surface area contributed by atoms with E-state index in [9.17, 15) is 24.8 Å². The molecule has 0 aliphatic rings. The molecule has 172 valence electrons. The molecule has 0 unspecified atom stereocenters. The number of nitrogens with one attached hydrogen (secondary N) is 2. The van der Waals surface area contributed by atoms with Gasteiger partial charge in [0.1, 0.15) is 11.8 Å². The Morgan fingerprint density at radius 2 is 1.91 bits per heavy atom. The van der Waals surface area contributed by atoms with E-state index in [1.807, 2.05) is 0 Å². The fourth-order valence-electron chi connectivity index (χ4n) is 2.94. The fourth-order valence-corrected chi connectivity index (χ4v) is 2.94. The van der Waals surface area contributed by atoms with Crippen LogP contribution < -0.4 is 20.5 Å². The highest BCUT2D eigenvalue weighted by molar-refractivity contribution is 6.03. The van der Waals surface area contributed by atoms with Gasteiger partial charge in [0, 0.05) is 12.1 Å². The summed E-state index contributed by atoms with van der Waals surface area (Å²) in [6.07, 6.45) is -2.48. The lowest BCUT2D eigenvalue weighted by Crippen LogP contribution is -2.29. The molecule has 0 aliphatic heterocycles. The van der Waals surface area contributed by atoms with Crippen LogP contribution in [0.1, 0.15) is 17.4 Å². The number of nitrogens with zero attached hydrogens (tertiary/aromatic N) is 3. The van der Waals surface area contributed by atoms with E-state index in [2.05, 4.69) is 25.2 Å². The molecule has 0 fully saturated rings. The summed E-state index contributed by atoms with van der Waals surface area (Å²) in [5.74, 6) is 0.713. The number of aliphatic hydroxyl groups is 1. The molecule has 13 nitrogen and oxygen atoms in total. The molecule has 0 aliphatic carbocycles. The van der Waals surface area contributed by atoms with Crippen molar-refractivity contribution >= 4 is 28.5 Å². The number of hydrogen-bond acceptors (Lipinski definition) is 10. The highest BCUT2D eigenvalue weighted by atomic mass is 16.6. The van der Waals surface area contributed by atoms with Gasteiger partial charge in [0.15, 0.2) is 17.2 Å². The average Bonchev–Trinajstić information content (AvgIpc) is 2.82. The van der Waals surface area contributed by atoms with Crippen molar-refractivity contribution in [3.8, 4) is 11.5 Å². The van der Waals surface area contributed by atoms with Gasteiger partial charge in [-0.25, -0.2) is 15.2 Å².